The van der Waals surface area contributed by atoms with Gasteiger partial charge in [0.1, 0.15) is 0 Å². The third-order valence-corrected chi connectivity index (χ3v) is 4.48. The normalized spacial score (nSPS) is 12.5. The van der Waals surface area contributed by atoms with Crippen LogP contribution in [0.2, 0.25) is 0 Å². The predicted molar refractivity (Wildman–Crippen MR) is 100 cm³/mol. The van der Waals surface area contributed by atoms with Crippen LogP contribution in [0.1, 0.15) is 29.7 Å². The molecule has 1 aromatic carbocycles. The van der Waals surface area contributed by atoms with E-state index in [-0.39, 0.29) is 11.7 Å². The summed E-state index contributed by atoms with van der Waals surface area (Å²) in [6.45, 7) is 4.84. The zero-order valence-corrected chi connectivity index (χ0v) is 14.7. The van der Waals surface area contributed by atoms with E-state index in [1.165, 1.54) is 0 Å². The molecular weight excluding hydrogens is 328 g/mol. The Labute approximate surface area is 150 Å². The van der Waals surface area contributed by atoms with Gasteiger partial charge in [-0.25, -0.2) is 14.5 Å². The Morgan fingerprint density at radius 2 is 2.08 bits per heavy atom. The van der Waals surface area contributed by atoms with Gasteiger partial charge in [-0.15, -0.1) is 0 Å². The topological polar surface area (TPSA) is 91.4 Å². The minimum atomic E-state index is -0.184. The van der Waals surface area contributed by atoms with Crippen LogP contribution in [0.3, 0.4) is 0 Å². The minimum Gasteiger partial charge on any atom is -0.306 e. The molecule has 3 heterocycles. The first-order valence-corrected chi connectivity index (χ1v) is 8.51. The molecule has 0 amide bonds. The standard InChI is InChI=1S/C19H20N6O/c1-12-8-14(11-21-18(12)25-7-3-6-22-25)10-20-13(2)15-4-5-16-17(9-15)24-19(26)23-16/h3-9,11,13,20H,10H2,1-2H3,(H2,23,24,26). The molecule has 0 aliphatic rings. The molecule has 0 aliphatic carbocycles. The molecule has 0 fully saturated rings. The average Bonchev–Trinajstić information content (AvgIpc) is 3.27. The molecule has 3 aromatic heterocycles. The van der Waals surface area contributed by atoms with Crippen LogP contribution in [0.4, 0.5) is 0 Å². The molecule has 4 aromatic rings. The summed E-state index contributed by atoms with van der Waals surface area (Å²) >= 11 is 0. The second-order valence-electron chi connectivity index (χ2n) is 6.42. The number of aromatic nitrogens is 5. The fourth-order valence-electron chi connectivity index (χ4n) is 3.06. The molecular formula is C19H20N6O. The lowest BCUT2D eigenvalue weighted by Crippen LogP contribution is -2.18. The number of aromatic amines is 2. The molecule has 7 nitrogen and oxygen atoms in total. The lowest BCUT2D eigenvalue weighted by atomic mass is 10.1. The number of fused-ring (bicyclic) bond motifs is 1. The van der Waals surface area contributed by atoms with E-state index in [1.54, 1.807) is 10.9 Å². The van der Waals surface area contributed by atoms with Gasteiger partial charge < -0.3 is 15.3 Å². The van der Waals surface area contributed by atoms with Gasteiger partial charge in [0, 0.05) is 31.2 Å². The Hall–Kier alpha value is -3.19. The van der Waals surface area contributed by atoms with E-state index in [0.717, 1.165) is 33.5 Å². The van der Waals surface area contributed by atoms with Crippen molar-refractivity contribution in [2.75, 3.05) is 0 Å². The van der Waals surface area contributed by atoms with Crippen molar-refractivity contribution >= 4 is 11.0 Å². The summed E-state index contributed by atoms with van der Waals surface area (Å²) in [7, 11) is 0. The highest BCUT2D eigenvalue weighted by Crippen LogP contribution is 2.18. The molecule has 0 saturated heterocycles. The van der Waals surface area contributed by atoms with Gasteiger partial charge in [0.05, 0.1) is 11.0 Å². The highest BCUT2D eigenvalue weighted by molar-refractivity contribution is 5.75. The van der Waals surface area contributed by atoms with E-state index in [0.29, 0.717) is 6.54 Å². The number of nitrogens with zero attached hydrogens (tertiary/aromatic N) is 3. The Morgan fingerprint density at radius 3 is 2.85 bits per heavy atom. The van der Waals surface area contributed by atoms with E-state index in [2.05, 4.69) is 38.4 Å². The molecule has 1 atom stereocenters. The van der Waals surface area contributed by atoms with Crippen LogP contribution >= 0.6 is 0 Å². The van der Waals surface area contributed by atoms with E-state index < -0.39 is 0 Å². The Bertz CT molecular complexity index is 1090. The molecule has 0 bridgehead atoms. The Morgan fingerprint density at radius 1 is 1.23 bits per heavy atom. The average molecular weight is 348 g/mol. The first-order chi connectivity index (χ1) is 12.6. The number of pyridine rings is 1. The van der Waals surface area contributed by atoms with Crippen molar-refractivity contribution in [3.63, 3.8) is 0 Å². The lowest BCUT2D eigenvalue weighted by Gasteiger charge is -2.15. The number of nitrogens with one attached hydrogen (secondary N) is 3. The molecule has 1 unspecified atom stereocenters. The molecule has 0 saturated carbocycles. The van der Waals surface area contributed by atoms with Gasteiger partial charge in [-0.3, -0.25) is 0 Å². The zero-order valence-electron chi connectivity index (χ0n) is 14.7. The van der Waals surface area contributed by atoms with Crippen molar-refractivity contribution < 1.29 is 0 Å². The SMILES string of the molecule is Cc1cc(CNC(C)c2ccc3[nH]c(=O)[nH]c3c2)cnc1-n1cccn1. The number of H-pyrrole nitrogens is 2. The molecule has 0 spiro atoms. The van der Waals surface area contributed by atoms with E-state index in [4.69, 9.17) is 0 Å². The highest BCUT2D eigenvalue weighted by atomic mass is 16.1. The van der Waals surface area contributed by atoms with Crippen LogP contribution in [0.15, 0.2) is 53.7 Å². The van der Waals surface area contributed by atoms with Gasteiger partial charge >= 0.3 is 5.69 Å². The first kappa shape index (κ1) is 16.3. The Balaban J connectivity index is 1.47. The van der Waals surface area contributed by atoms with Crippen molar-refractivity contribution in [1.29, 1.82) is 0 Å². The molecule has 3 N–H and O–H groups in total. The van der Waals surface area contributed by atoms with Gasteiger partial charge in [-0.05, 0) is 54.8 Å². The fourth-order valence-corrected chi connectivity index (χ4v) is 3.06. The van der Waals surface area contributed by atoms with Gasteiger partial charge in [0.25, 0.3) is 0 Å². The fraction of sp³-hybridized carbons (Fsp3) is 0.211. The van der Waals surface area contributed by atoms with Gasteiger partial charge in [0.2, 0.25) is 0 Å². The highest BCUT2D eigenvalue weighted by Gasteiger charge is 2.09. The summed E-state index contributed by atoms with van der Waals surface area (Å²) < 4.78 is 1.77. The summed E-state index contributed by atoms with van der Waals surface area (Å²) in [6, 6.07) is 10.1. The van der Waals surface area contributed by atoms with Crippen LogP contribution in [0.5, 0.6) is 0 Å². The smallest absolute Gasteiger partial charge is 0.306 e. The maximum Gasteiger partial charge on any atom is 0.323 e. The third-order valence-electron chi connectivity index (χ3n) is 4.48. The maximum absolute atomic E-state index is 11.4. The number of rotatable bonds is 5. The van der Waals surface area contributed by atoms with Crippen LogP contribution in [0, 0.1) is 6.92 Å². The van der Waals surface area contributed by atoms with Crippen molar-refractivity contribution in [3.8, 4) is 5.82 Å². The first-order valence-electron chi connectivity index (χ1n) is 8.51. The van der Waals surface area contributed by atoms with Crippen molar-refractivity contribution in [3.05, 3.63) is 76.1 Å². The predicted octanol–water partition coefficient (Wildman–Crippen LogP) is 2.60. The minimum absolute atomic E-state index is 0.143. The summed E-state index contributed by atoms with van der Waals surface area (Å²) in [5.74, 6) is 0.841. The van der Waals surface area contributed by atoms with E-state index >= 15 is 0 Å². The van der Waals surface area contributed by atoms with E-state index in [9.17, 15) is 4.79 Å². The van der Waals surface area contributed by atoms with Crippen LogP contribution in [0.25, 0.3) is 16.9 Å². The van der Waals surface area contributed by atoms with Gasteiger partial charge in [0.15, 0.2) is 5.82 Å². The van der Waals surface area contributed by atoms with Crippen LogP contribution < -0.4 is 11.0 Å². The summed E-state index contributed by atoms with van der Waals surface area (Å²) in [5.41, 5.74) is 4.76. The largest absolute Gasteiger partial charge is 0.323 e. The number of aryl methyl sites for hydroxylation is 1. The second-order valence-corrected chi connectivity index (χ2v) is 6.42. The third kappa shape index (κ3) is 3.16. The number of benzene rings is 1. The quantitative estimate of drug-likeness (QED) is 0.517. The second kappa shape index (κ2) is 6.61. The number of hydrogen-bond donors (Lipinski definition) is 3. The lowest BCUT2D eigenvalue weighted by molar-refractivity contribution is 0.574. The van der Waals surface area contributed by atoms with Gasteiger partial charge in [-0.1, -0.05) is 6.07 Å². The van der Waals surface area contributed by atoms with Crippen molar-refractivity contribution in [2.24, 2.45) is 0 Å². The number of imidazole rings is 1. The molecule has 7 heteroatoms. The van der Waals surface area contributed by atoms with Crippen LogP contribution in [-0.2, 0) is 6.54 Å². The zero-order chi connectivity index (χ0) is 18.1. The summed E-state index contributed by atoms with van der Waals surface area (Å²) in [4.78, 5) is 21.5. The summed E-state index contributed by atoms with van der Waals surface area (Å²) in [5, 5.41) is 7.73. The molecule has 0 aliphatic heterocycles. The molecule has 0 radical (unpaired) electrons. The monoisotopic (exact) mass is 348 g/mol. The van der Waals surface area contributed by atoms with Gasteiger partial charge in [-0.2, -0.15) is 5.10 Å². The van der Waals surface area contributed by atoms with Crippen molar-refractivity contribution in [1.82, 2.24) is 30.0 Å². The summed E-state index contributed by atoms with van der Waals surface area (Å²) in [6.07, 6.45) is 5.50. The molecule has 26 heavy (non-hydrogen) atoms. The Kier molecular flexibility index (Phi) is 4.14. The maximum atomic E-state index is 11.4. The molecule has 4 rings (SSSR count). The van der Waals surface area contributed by atoms with Crippen LogP contribution in [-0.4, -0.2) is 24.7 Å². The molecule has 132 valence electrons. The number of hydrogen-bond acceptors (Lipinski definition) is 4. The van der Waals surface area contributed by atoms with E-state index in [1.807, 2.05) is 43.6 Å². The van der Waals surface area contributed by atoms with Crippen molar-refractivity contribution in [2.45, 2.75) is 26.4 Å².